The Morgan fingerprint density at radius 2 is 1.79 bits per heavy atom. The summed E-state index contributed by atoms with van der Waals surface area (Å²) < 4.78 is 9.24. The van der Waals surface area contributed by atoms with Gasteiger partial charge in [-0.25, -0.2) is 14.3 Å². The van der Waals surface area contributed by atoms with Gasteiger partial charge in [0.15, 0.2) is 11.2 Å². The molecule has 0 aliphatic carbocycles. The first kappa shape index (κ1) is 23.4. The molecule has 4 rings (SSSR count). The van der Waals surface area contributed by atoms with Crippen LogP contribution in [0, 0.1) is 0 Å². The summed E-state index contributed by atoms with van der Waals surface area (Å²) in [5.41, 5.74) is 0.203. The van der Waals surface area contributed by atoms with Crippen LogP contribution >= 0.6 is 0 Å². The van der Waals surface area contributed by atoms with Crippen LogP contribution in [0.2, 0.25) is 0 Å². The molecular weight excluding hydrogens is 440 g/mol. The summed E-state index contributed by atoms with van der Waals surface area (Å²) in [5.74, 6) is -0.707. The molecule has 11 nitrogen and oxygen atoms in total. The van der Waals surface area contributed by atoms with E-state index in [9.17, 15) is 19.2 Å². The molecule has 0 spiro atoms. The number of benzene rings is 1. The van der Waals surface area contributed by atoms with Gasteiger partial charge in [-0.05, 0) is 12.5 Å². The number of carbonyl (C=O) groups is 2. The summed E-state index contributed by atoms with van der Waals surface area (Å²) in [4.78, 5) is 59.2. The molecular formula is C23H28N6O5. The van der Waals surface area contributed by atoms with Gasteiger partial charge in [0, 0.05) is 26.7 Å². The summed E-state index contributed by atoms with van der Waals surface area (Å²) in [6, 6.07) is 9.35. The summed E-state index contributed by atoms with van der Waals surface area (Å²) >= 11 is 0. The number of aromatic nitrogens is 4. The second kappa shape index (κ2) is 10.0. The highest BCUT2D eigenvalue weighted by Crippen LogP contribution is 2.10. The van der Waals surface area contributed by atoms with E-state index >= 15 is 0 Å². The highest BCUT2D eigenvalue weighted by Gasteiger charge is 2.23. The lowest BCUT2D eigenvalue weighted by Crippen LogP contribution is -2.48. The number of hydrogen-bond donors (Lipinski definition) is 0. The molecule has 180 valence electrons. The van der Waals surface area contributed by atoms with Crippen molar-refractivity contribution >= 4 is 23.0 Å². The molecule has 0 atom stereocenters. The third-order valence-corrected chi connectivity index (χ3v) is 5.96. The highest BCUT2D eigenvalue weighted by molar-refractivity contribution is 5.84. The topological polar surface area (TPSA) is 112 Å². The first-order chi connectivity index (χ1) is 16.4. The van der Waals surface area contributed by atoms with E-state index in [1.165, 1.54) is 22.8 Å². The molecule has 1 aliphatic heterocycles. The zero-order chi connectivity index (χ0) is 24.2. The van der Waals surface area contributed by atoms with E-state index in [0.717, 1.165) is 10.1 Å². The third-order valence-electron chi connectivity index (χ3n) is 5.96. The van der Waals surface area contributed by atoms with Gasteiger partial charge >= 0.3 is 5.69 Å². The van der Waals surface area contributed by atoms with E-state index in [1.807, 2.05) is 37.3 Å². The molecule has 1 saturated heterocycles. The second-order valence-electron chi connectivity index (χ2n) is 8.19. The van der Waals surface area contributed by atoms with Crippen LogP contribution in [0.15, 0.2) is 46.2 Å². The van der Waals surface area contributed by atoms with Gasteiger partial charge in [-0.1, -0.05) is 30.3 Å². The van der Waals surface area contributed by atoms with Crippen LogP contribution in [0.25, 0.3) is 11.2 Å². The number of rotatable bonds is 7. The van der Waals surface area contributed by atoms with Gasteiger partial charge in [0.1, 0.15) is 6.54 Å². The summed E-state index contributed by atoms with van der Waals surface area (Å²) in [6.45, 7) is 3.83. The molecule has 2 aromatic heterocycles. The molecule has 0 N–H and O–H groups in total. The van der Waals surface area contributed by atoms with Crippen molar-refractivity contribution in [3.05, 3.63) is 63.1 Å². The lowest BCUT2D eigenvalue weighted by Gasteiger charge is -2.28. The van der Waals surface area contributed by atoms with Crippen molar-refractivity contribution in [1.82, 2.24) is 28.5 Å². The maximum atomic E-state index is 13.4. The predicted octanol–water partition coefficient (Wildman–Crippen LogP) is -0.255. The van der Waals surface area contributed by atoms with Gasteiger partial charge in [-0.15, -0.1) is 0 Å². The standard InChI is InChI=1S/C23H28N6O5/c1-3-26-16-24-21-20(26)22(32)29(23(33)28(21)13-17-7-5-4-6-8-17)15-18(30)25(2)14-19(31)27-9-11-34-12-10-27/h4-8,16H,3,9-15H2,1-2H3. The van der Waals surface area contributed by atoms with Crippen LogP contribution in [-0.2, 0) is 34.0 Å². The van der Waals surface area contributed by atoms with Crippen molar-refractivity contribution in [2.24, 2.45) is 0 Å². The van der Waals surface area contributed by atoms with E-state index in [0.29, 0.717) is 32.8 Å². The van der Waals surface area contributed by atoms with E-state index < -0.39 is 23.7 Å². The van der Waals surface area contributed by atoms with Crippen molar-refractivity contribution < 1.29 is 14.3 Å². The van der Waals surface area contributed by atoms with Crippen LogP contribution in [0.5, 0.6) is 0 Å². The largest absolute Gasteiger partial charge is 0.378 e. The van der Waals surface area contributed by atoms with Gasteiger partial charge in [0.25, 0.3) is 5.56 Å². The fourth-order valence-electron chi connectivity index (χ4n) is 3.99. The van der Waals surface area contributed by atoms with Gasteiger partial charge in [0.05, 0.1) is 32.6 Å². The fourth-order valence-corrected chi connectivity index (χ4v) is 3.99. The zero-order valence-electron chi connectivity index (χ0n) is 19.3. The Labute approximate surface area is 195 Å². The number of aryl methyl sites for hydroxylation is 1. The van der Waals surface area contributed by atoms with E-state index in [-0.39, 0.29) is 30.2 Å². The molecule has 2 amide bonds. The maximum absolute atomic E-state index is 13.4. The third kappa shape index (κ3) is 4.65. The summed E-state index contributed by atoms with van der Waals surface area (Å²) in [7, 11) is 1.49. The average molecular weight is 469 g/mol. The molecule has 0 saturated carbocycles. The lowest BCUT2D eigenvalue weighted by atomic mass is 10.2. The number of likely N-dealkylation sites (N-methyl/N-ethyl adjacent to an activating group) is 1. The van der Waals surface area contributed by atoms with Gasteiger partial charge in [-0.3, -0.25) is 19.0 Å². The monoisotopic (exact) mass is 468 g/mol. The molecule has 34 heavy (non-hydrogen) atoms. The number of imidazole rings is 1. The Hall–Kier alpha value is -3.73. The van der Waals surface area contributed by atoms with Crippen molar-refractivity contribution in [3.63, 3.8) is 0 Å². The quantitative estimate of drug-likeness (QED) is 0.473. The number of carbonyl (C=O) groups excluding carboxylic acids is 2. The van der Waals surface area contributed by atoms with Crippen LogP contribution in [0.1, 0.15) is 12.5 Å². The Kier molecular flexibility index (Phi) is 6.92. The SMILES string of the molecule is CCn1cnc2c1c(=O)n(CC(=O)N(C)CC(=O)N1CCOCC1)c(=O)n2Cc1ccccc1. The van der Waals surface area contributed by atoms with Crippen LogP contribution in [0.3, 0.4) is 0 Å². The van der Waals surface area contributed by atoms with Crippen molar-refractivity contribution in [2.75, 3.05) is 39.9 Å². The number of amides is 2. The number of fused-ring (bicyclic) bond motifs is 1. The average Bonchev–Trinajstić information content (AvgIpc) is 3.29. The van der Waals surface area contributed by atoms with Crippen molar-refractivity contribution in [1.29, 1.82) is 0 Å². The van der Waals surface area contributed by atoms with Gasteiger partial charge in [0.2, 0.25) is 11.8 Å². The Balaban J connectivity index is 1.65. The van der Waals surface area contributed by atoms with Crippen LogP contribution < -0.4 is 11.2 Å². The minimum atomic E-state index is -0.621. The number of morpholine rings is 1. The number of nitrogens with zero attached hydrogens (tertiary/aromatic N) is 6. The van der Waals surface area contributed by atoms with E-state index in [4.69, 9.17) is 4.74 Å². The van der Waals surface area contributed by atoms with E-state index in [2.05, 4.69) is 4.98 Å². The molecule has 1 fully saturated rings. The molecule has 1 aromatic carbocycles. The van der Waals surface area contributed by atoms with Crippen molar-refractivity contribution in [3.8, 4) is 0 Å². The smallest absolute Gasteiger partial charge is 0.333 e. The Bertz CT molecular complexity index is 1300. The van der Waals surface area contributed by atoms with Gasteiger partial charge < -0.3 is 19.1 Å². The molecule has 1 aliphatic rings. The predicted molar refractivity (Wildman–Crippen MR) is 125 cm³/mol. The summed E-state index contributed by atoms with van der Waals surface area (Å²) in [6.07, 6.45) is 1.52. The minimum Gasteiger partial charge on any atom is -0.378 e. The molecule has 3 aromatic rings. The van der Waals surface area contributed by atoms with Crippen molar-refractivity contribution in [2.45, 2.75) is 26.6 Å². The first-order valence-electron chi connectivity index (χ1n) is 11.2. The molecule has 11 heteroatoms. The van der Waals surface area contributed by atoms with Crippen LogP contribution in [-0.4, -0.2) is 80.2 Å². The highest BCUT2D eigenvalue weighted by atomic mass is 16.5. The van der Waals surface area contributed by atoms with Gasteiger partial charge in [-0.2, -0.15) is 0 Å². The van der Waals surface area contributed by atoms with E-state index in [1.54, 1.807) is 9.47 Å². The Morgan fingerprint density at radius 3 is 2.47 bits per heavy atom. The maximum Gasteiger partial charge on any atom is 0.333 e. The molecule has 0 radical (unpaired) electrons. The Morgan fingerprint density at radius 1 is 1.09 bits per heavy atom. The van der Waals surface area contributed by atoms with Crippen LogP contribution in [0.4, 0.5) is 0 Å². The minimum absolute atomic E-state index is 0.138. The molecule has 0 bridgehead atoms. The number of ether oxygens (including phenoxy) is 1. The summed E-state index contributed by atoms with van der Waals surface area (Å²) in [5, 5.41) is 0. The fraction of sp³-hybridized carbons (Fsp3) is 0.435. The lowest BCUT2D eigenvalue weighted by molar-refractivity contribution is -0.142. The molecule has 3 heterocycles. The second-order valence-corrected chi connectivity index (χ2v) is 8.19. The molecule has 0 unspecified atom stereocenters. The normalized spacial score (nSPS) is 13.9. The number of hydrogen-bond acceptors (Lipinski definition) is 6. The first-order valence-corrected chi connectivity index (χ1v) is 11.2. The zero-order valence-corrected chi connectivity index (χ0v) is 19.3.